The zero-order valence-corrected chi connectivity index (χ0v) is 12.5. The summed E-state index contributed by atoms with van der Waals surface area (Å²) in [5, 5.41) is 0. The van der Waals surface area contributed by atoms with Crippen molar-refractivity contribution in [2.24, 2.45) is 0 Å². The van der Waals surface area contributed by atoms with Gasteiger partial charge in [0.1, 0.15) is 6.10 Å². The molecule has 0 fully saturated rings. The highest BCUT2D eigenvalue weighted by molar-refractivity contribution is 7.86. The van der Waals surface area contributed by atoms with Crippen LogP contribution in [-0.4, -0.2) is 14.5 Å². The lowest BCUT2D eigenvalue weighted by Crippen LogP contribution is -2.19. The predicted molar refractivity (Wildman–Crippen MR) is 82.2 cm³/mol. The van der Waals surface area contributed by atoms with Crippen LogP contribution in [0.4, 0.5) is 0 Å². The summed E-state index contributed by atoms with van der Waals surface area (Å²) >= 11 is 0. The van der Waals surface area contributed by atoms with Crippen LogP contribution in [0.5, 0.6) is 0 Å². The summed E-state index contributed by atoms with van der Waals surface area (Å²) in [5.74, 6) is 2.39. The average molecular weight is 300 g/mol. The minimum absolute atomic E-state index is 0.112. The van der Waals surface area contributed by atoms with Crippen LogP contribution < -0.4 is 0 Å². The Balaban J connectivity index is 2.14. The van der Waals surface area contributed by atoms with Gasteiger partial charge in [-0.25, -0.2) is 4.18 Å². The van der Waals surface area contributed by atoms with Gasteiger partial charge in [-0.3, -0.25) is 0 Å². The van der Waals surface area contributed by atoms with E-state index >= 15 is 0 Å². The third-order valence-corrected chi connectivity index (χ3v) is 4.34. The van der Waals surface area contributed by atoms with Gasteiger partial charge in [0.05, 0.1) is 4.90 Å². The van der Waals surface area contributed by atoms with E-state index in [0.29, 0.717) is 6.42 Å². The highest BCUT2D eigenvalue weighted by Gasteiger charge is 2.20. The van der Waals surface area contributed by atoms with Crippen molar-refractivity contribution in [1.82, 2.24) is 0 Å². The first-order valence-corrected chi connectivity index (χ1v) is 7.92. The first kappa shape index (κ1) is 15.3. The fourth-order valence-electron chi connectivity index (χ4n) is 1.86. The molecule has 2 aromatic carbocycles. The molecule has 0 aliphatic carbocycles. The minimum Gasteiger partial charge on any atom is -0.250 e. The predicted octanol–water partition coefficient (Wildman–Crippen LogP) is 2.94. The summed E-state index contributed by atoms with van der Waals surface area (Å²) in [6, 6.07) is 15.9. The molecule has 21 heavy (non-hydrogen) atoms. The Labute approximate surface area is 125 Å². The van der Waals surface area contributed by atoms with Crippen molar-refractivity contribution in [3.8, 4) is 12.3 Å². The Kier molecular flexibility index (Phi) is 4.79. The van der Waals surface area contributed by atoms with E-state index in [9.17, 15) is 8.42 Å². The van der Waals surface area contributed by atoms with Crippen LogP contribution in [-0.2, 0) is 20.7 Å². The molecule has 0 heterocycles. The molecular weight excluding hydrogens is 284 g/mol. The molecule has 108 valence electrons. The first-order chi connectivity index (χ1) is 10.0. The molecule has 0 amide bonds. The average Bonchev–Trinajstić information content (AvgIpc) is 2.48. The van der Waals surface area contributed by atoms with E-state index in [2.05, 4.69) is 5.92 Å². The minimum atomic E-state index is -3.85. The van der Waals surface area contributed by atoms with Crippen molar-refractivity contribution in [3.63, 3.8) is 0 Å². The Bertz CT molecular complexity index is 726. The molecule has 2 aromatic rings. The van der Waals surface area contributed by atoms with Gasteiger partial charge in [-0.1, -0.05) is 53.9 Å². The number of aryl methyl sites for hydroxylation is 1. The third kappa shape index (κ3) is 4.19. The number of terminal acetylenes is 1. The summed E-state index contributed by atoms with van der Waals surface area (Å²) < 4.78 is 29.5. The van der Waals surface area contributed by atoms with E-state index < -0.39 is 16.2 Å². The van der Waals surface area contributed by atoms with E-state index in [-0.39, 0.29) is 4.90 Å². The van der Waals surface area contributed by atoms with Crippen molar-refractivity contribution in [1.29, 1.82) is 0 Å². The molecule has 0 spiro atoms. The third-order valence-electron chi connectivity index (χ3n) is 3.00. The van der Waals surface area contributed by atoms with Crippen LogP contribution in [0, 0.1) is 19.3 Å². The lowest BCUT2D eigenvalue weighted by atomic mass is 10.1. The Morgan fingerprint density at radius 1 is 1.10 bits per heavy atom. The van der Waals surface area contributed by atoms with Crippen LogP contribution in [0.1, 0.15) is 11.1 Å². The van der Waals surface area contributed by atoms with Crippen molar-refractivity contribution >= 4 is 10.1 Å². The van der Waals surface area contributed by atoms with Gasteiger partial charge in [0.25, 0.3) is 10.1 Å². The maximum Gasteiger partial charge on any atom is 0.298 e. The maximum atomic E-state index is 12.2. The standard InChI is InChI=1S/C17H16O3S/c1-3-16(13-15-7-5-4-6-8-15)20-21(18,19)17-11-9-14(2)10-12-17/h1,4-12,16H,13H2,2H3. The molecular formula is C17H16O3S. The monoisotopic (exact) mass is 300 g/mol. The quantitative estimate of drug-likeness (QED) is 0.630. The highest BCUT2D eigenvalue weighted by atomic mass is 32.2. The van der Waals surface area contributed by atoms with Gasteiger partial charge in [0.2, 0.25) is 0 Å². The molecule has 0 saturated heterocycles. The van der Waals surface area contributed by atoms with Crippen LogP contribution in [0.3, 0.4) is 0 Å². The molecule has 0 aliphatic heterocycles. The second-order valence-electron chi connectivity index (χ2n) is 4.71. The number of hydrogen-bond donors (Lipinski definition) is 0. The fraction of sp³-hybridized carbons (Fsp3) is 0.176. The molecule has 0 N–H and O–H groups in total. The van der Waals surface area contributed by atoms with Crippen LogP contribution >= 0.6 is 0 Å². The lowest BCUT2D eigenvalue weighted by molar-refractivity contribution is 0.264. The van der Waals surface area contributed by atoms with Gasteiger partial charge in [-0.05, 0) is 24.6 Å². The summed E-state index contributed by atoms with van der Waals surface area (Å²) in [6.07, 6.45) is 4.92. The second-order valence-corrected chi connectivity index (χ2v) is 6.28. The number of hydrogen-bond acceptors (Lipinski definition) is 3. The molecule has 2 rings (SSSR count). The van der Waals surface area contributed by atoms with Crippen LogP contribution in [0.15, 0.2) is 59.5 Å². The first-order valence-electron chi connectivity index (χ1n) is 6.51. The van der Waals surface area contributed by atoms with E-state index in [1.807, 2.05) is 37.3 Å². The van der Waals surface area contributed by atoms with Crippen LogP contribution in [0.25, 0.3) is 0 Å². The molecule has 0 radical (unpaired) electrons. The molecule has 1 atom stereocenters. The molecule has 0 saturated carbocycles. The fourth-order valence-corrected chi connectivity index (χ4v) is 2.87. The maximum absolute atomic E-state index is 12.2. The SMILES string of the molecule is C#CC(Cc1ccccc1)OS(=O)(=O)c1ccc(C)cc1. The van der Waals surface area contributed by atoms with Gasteiger partial charge in [-0.15, -0.1) is 6.42 Å². The summed E-state index contributed by atoms with van der Waals surface area (Å²) in [7, 11) is -3.85. The van der Waals surface area contributed by atoms with Gasteiger partial charge in [0.15, 0.2) is 0 Å². The summed E-state index contributed by atoms with van der Waals surface area (Å²) in [5.41, 5.74) is 1.91. The lowest BCUT2D eigenvalue weighted by Gasteiger charge is -2.12. The number of rotatable bonds is 5. The summed E-state index contributed by atoms with van der Waals surface area (Å²) in [6.45, 7) is 1.89. The van der Waals surface area contributed by atoms with Gasteiger partial charge in [-0.2, -0.15) is 8.42 Å². The highest BCUT2D eigenvalue weighted by Crippen LogP contribution is 2.16. The smallest absolute Gasteiger partial charge is 0.250 e. The Morgan fingerprint density at radius 3 is 2.29 bits per heavy atom. The molecule has 1 unspecified atom stereocenters. The van der Waals surface area contributed by atoms with Crippen molar-refractivity contribution in [2.45, 2.75) is 24.3 Å². The largest absolute Gasteiger partial charge is 0.298 e. The van der Waals surface area contributed by atoms with Crippen molar-refractivity contribution < 1.29 is 12.6 Å². The second kappa shape index (κ2) is 6.57. The number of benzene rings is 2. The van der Waals surface area contributed by atoms with Crippen molar-refractivity contribution in [2.75, 3.05) is 0 Å². The zero-order valence-electron chi connectivity index (χ0n) is 11.7. The zero-order chi connectivity index (χ0) is 15.3. The van der Waals surface area contributed by atoms with Crippen molar-refractivity contribution in [3.05, 3.63) is 65.7 Å². The summed E-state index contributed by atoms with van der Waals surface area (Å²) in [4.78, 5) is 0.112. The van der Waals surface area contributed by atoms with Gasteiger partial charge in [0, 0.05) is 6.42 Å². The van der Waals surface area contributed by atoms with Gasteiger partial charge < -0.3 is 0 Å². The Morgan fingerprint density at radius 2 is 1.71 bits per heavy atom. The molecule has 0 bridgehead atoms. The van der Waals surface area contributed by atoms with E-state index in [1.54, 1.807) is 12.1 Å². The molecule has 4 heteroatoms. The topological polar surface area (TPSA) is 43.4 Å². The molecule has 3 nitrogen and oxygen atoms in total. The normalized spacial score (nSPS) is 12.6. The van der Waals surface area contributed by atoms with E-state index in [0.717, 1.165) is 11.1 Å². The van der Waals surface area contributed by atoms with E-state index in [4.69, 9.17) is 10.6 Å². The Hall–Kier alpha value is -2.09. The van der Waals surface area contributed by atoms with Crippen LogP contribution in [0.2, 0.25) is 0 Å². The van der Waals surface area contributed by atoms with E-state index in [1.165, 1.54) is 12.1 Å². The van der Waals surface area contributed by atoms with Gasteiger partial charge >= 0.3 is 0 Å². The molecule has 0 aliphatic rings. The molecule has 0 aromatic heterocycles.